The average Bonchev–Trinajstić information content (AvgIpc) is 3.11. The molecule has 104 valence electrons. The summed E-state index contributed by atoms with van der Waals surface area (Å²) in [5.74, 6) is 0.888. The van der Waals surface area contributed by atoms with Gasteiger partial charge in [0.1, 0.15) is 12.2 Å². The monoisotopic (exact) mass is 298 g/mol. The second kappa shape index (κ2) is 4.53. The zero-order valence-electron chi connectivity index (χ0n) is 11.2. The molecular weight excluding hydrogens is 288 g/mol. The third-order valence-corrected chi connectivity index (χ3v) is 3.69. The van der Waals surface area contributed by atoms with Gasteiger partial charge in [-0.05, 0) is 24.3 Å². The topological polar surface area (TPSA) is 60.9 Å². The number of fused-ring (bicyclic) bond motifs is 3. The summed E-state index contributed by atoms with van der Waals surface area (Å²) in [7, 11) is 0. The number of benzene rings is 1. The highest BCUT2D eigenvalue weighted by molar-refractivity contribution is 6.30. The first kappa shape index (κ1) is 12.3. The van der Waals surface area contributed by atoms with Crippen LogP contribution in [0.1, 0.15) is 12.7 Å². The van der Waals surface area contributed by atoms with Crippen LogP contribution in [0, 0.1) is 0 Å². The van der Waals surface area contributed by atoms with Gasteiger partial charge in [-0.1, -0.05) is 18.5 Å². The molecule has 0 unspecified atom stereocenters. The van der Waals surface area contributed by atoms with Crippen LogP contribution >= 0.6 is 11.6 Å². The first-order valence-electron chi connectivity index (χ1n) is 6.60. The molecule has 0 bridgehead atoms. The predicted octanol–water partition coefficient (Wildman–Crippen LogP) is 2.68. The molecule has 0 aliphatic rings. The summed E-state index contributed by atoms with van der Waals surface area (Å²) in [4.78, 5) is 4.50. The highest BCUT2D eigenvalue weighted by atomic mass is 35.5. The van der Waals surface area contributed by atoms with Gasteiger partial charge in [0.05, 0.1) is 17.3 Å². The first-order chi connectivity index (χ1) is 10.3. The van der Waals surface area contributed by atoms with E-state index in [0.717, 1.165) is 34.6 Å². The van der Waals surface area contributed by atoms with Crippen molar-refractivity contribution in [2.45, 2.75) is 13.3 Å². The summed E-state index contributed by atoms with van der Waals surface area (Å²) in [6, 6.07) is 7.47. The van der Waals surface area contributed by atoms with E-state index in [4.69, 9.17) is 11.6 Å². The average molecular weight is 299 g/mol. The molecular formula is C14H11ClN6. The predicted molar refractivity (Wildman–Crippen MR) is 79.8 cm³/mol. The number of aromatic nitrogens is 6. The van der Waals surface area contributed by atoms with Gasteiger partial charge in [-0.2, -0.15) is 5.10 Å². The fourth-order valence-electron chi connectivity index (χ4n) is 2.38. The highest BCUT2D eigenvalue weighted by Crippen LogP contribution is 2.21. The van der Waals surface area contributed by atoms with Gasteiger partial charge in [-0.25, -0.2) is 9.67 Å². The van der Waals surface area contributed by atoms with Crippen molar-refractivity contribution in [1.29, 1.82) is 0 Å². The van der Waals surface area contributed by atoms with Crippen LogP contribution in [0.15, 0.2) is 36.8 Å². The Morgan fingerprint density at radius 3 is 2.67 bits per heavy atom. The van der Waals surface area contributed by atoms with E-state index >= 15 is 0 Å². The third kappa shape index (κ3) is 1.80. The Hall–Kier alpha value is -2.47. The quantitative estimate of drug-likeness (QED) is 0.571. The molecule has 0 fully saturated rings. The van der Waals surface area contributed by atoms with Crippen LogP contribution in [-0.2, 0) is 6.42 Å². The molecule has 7 heteroatoms. The molecule has 0 amide bonds. The lowest BCUT2D eigenvalue weighted by molar-refractivity contribution is 0.879. The second-order valence-corrected chi connectivity index (χ2v) is 5.11. The van der Waals surface area contributed by atoms with Crippen LogP contribution in [0.25, 0.3) is 22.4 Å². The molecule has 0 saturated heterocycles. The minimum atomic E-state index is 0.690. The lowest BCUT2D eigenvalue weighted by atomic mass is 10.3. The van der Waals surface area contributed by atoms with Crippen molar-refractivity contribution in [3.05, 3.63) is 47.6 Å². The fourth-order valence-corrected chi connectivity index (χ4v) is 2.50. The summed E-state index contributed by atoms with van der Waals surface area (Å²) >= 11 is 5.92. The Kier molecular flexibility index (Phi) is 2.65. The number of halogens is 1. The molecule has 0 N–H and O–H groups in total. The van der Waals surface area contributed by atoms with Gasteiger partial charge in [0.25, 0.3) is 0 Å². The Bertz CT molecular complexity index is 937. The van der Waals surface area contributed by atoms with Gasteiger partial charge in [0.15, 0.2) is 11.3 Å². The Morgan fingerprint density at radius 2 is 1.90 bits per heavy atom. The lowest BCUT2D eigenvalue weighted by Crippen LogP contribution is -1.99. The number of rotatable bonds is 2. The van der Waals surface area contributed by atoms with Gasteiger partial charge in [-0.3, -0.25) is 4.40 Å². The van der Waals surface area contributed by atoms with E-state index in [9.17, 15) is 0 Å². The van der Waals surface area contributed by atoms with Crippen LogP contribution in [0.3, 0.4) is 0 Å². The van der Waals surface area contributed by atoms with Crippen molar-refractivity contribution in [2.75, 3.05) is 0 Å². The Morgan fingerprint density at radius 1 is 1.10 bits per heavy atom. The van der Waals surface area contributed by atoms with E-state index in [2.05, 4.69) is 20.3 Å². The van der Waals surface area contributed by atoms with Crippen molar-refractivity contribution in [3.63, 3.8) is 0 Å². The van der Waals surface area contributed by atoms with Gasteiger partial charge < -0.3 is 0 Å². The maximum atomic E-state index is 5.92. The van der Waals surface area contributed by atoms with Gasteiger partial charge in [0, 0.05) is 11.4 Å². The van der Waals surface area contributed by atoms with Crippen LogP contribution in [0.5, 0.6) is 0 Å². The van der Waals surface area contributed by atoms with Crippen molar-refractivity contribution >= 4 is 28.3 Å². The Labute approximate surface area is 125 Å². The van der Waals surface area contributed by atoms with Gasteiger partial charge in [-0.15, -0.1) is 10.2 Å². The van der Waals surface area contributed by atoms with E-state index < -0.39 is 0 Å². The molecule has 0 radical (unpaired) electrons. The molecule has 4 rings (SSSR count). The minimum absolute atomic E-state index is 0.690. The molecule has 0 atom stereocenters. The number of aryl methyl sites for hydroxylation is 1. The first-order valence-corrected chi connectivity index (χ1v) is 6.98. The fraction of sp³-hybridized carbons (Fsp3) is 0.143. The molecule has 0 spiro atoms. The SMILES string of the molecule is CCc1nnc2c3cnn(-c4ccc(Cl)cc4)c3ncn12. The molecule has 0 aliphatic carbocycles. The summed E-state index contributed by atoms with van der Waals surface area (Å²) in [5.41, 5.74) is 2.43. The van der Waals surface area contributed by atoms with E-state index in [-0.39, 0.29) is 0 Å². The van der Waals surface area contributed by atoms with Crippen molar-refractivity contribution in [3.8, 4) is 5.69 Å². The molecule has 3 heterocycles. The van der Waals surface area contributed by atoms with E-state index in [1.54, 1.807) is 17.2 Å². The Balaban J connectivity index is 1.98. The molecule has 6 nitrogen and oxygen atoms in total. The second-order valence-electron chi connectivity index (χ2n) is 4.68. The number of hydrogen-bond donors (Lipinski definition) is 0. The number of nitrogens with zero attached hydrogens (tertiary/aromatic N) is 6. The van der Waals surface area contributed by atoms with Crippen molar-refractivity contribution in [1.82, 2.24) is 29.4 Å². The number of hydrogen-bond acceptors (Lipinski definition) is 4. The van der Waals surface area contributed by atoms with Gasteiger partial charge >= 0.3 is 0 Å². The van der Waals surface area contributed by atoms with E-state index in [1.165, 1.54) is 0 Å². The molecule has 21 heavy (non-hydrogen) atoms. The molecule has 3 aromatic heterocycles. The molecule has 4 aromatic rings. The van der Waals surface area contributed by atoms with Crippen LogP contribution < -0.4 is 0 Å². The van der Waals surface area contributed by atoms with E-state index in [0.29, 0.717) is 5.02 Å². The molecule has 0 aliphatic heterocycles. The van der Waals surface area contributed by atoms with Crippen LogP contribution in [0.2, 0.25) is 5.02 Å². The van der Waals surface area contributed by atoms with Crippen LogP contribution in [-0.4, -0.2) is 29.4 Å². The zero-order chi connectivity index (χ0) is 14.4. The standard InChI is InChI=1S/C14H11ClN6/c1-2-12-18-19-14-11-7-17-21(13(11)16-8-20(12)14)10-5-3-9(15)4-6-10/h3-8H,2H2,1H3. The third-order valence-electron chi connectivity index (χ3n) is 3.43. The minimum Gasteiger partial charge on any atom is -0.269 e. The van der Waals surface area contributed by atoms with E-state index in [1.807, 2.05) is 35.6 Å². The summed E-state index contributed by atoms with van der Waals surface area (Å²) in [5, 5.41) is 14.4. The smallest absolute Gasteiger partial charge is 0.174 e. The maximum absolute atomic E-state index is 5.92. The zero-order valence-corrected chi connectivity index (χ0v) is 12.0. The summed E-state index contributed by atoms with van der Waals surface area (Å²) in [6.07, 6.45) is 4.31. The summed E-state index contributed by atoms with van der Waals surface area (Å²) < 4.78 is 3.67. The van der Waals surface area contributed by atoms with Crippen molar-refractivity contribution in [2.24, 2.45) is 0 Å². The highest BCUT2D eigenvalue weighted by Gasteiger charge is 2.13. The molecule has 1 aromatic carbocycles. The lowest BCUT2D eigenvalue weighted by Gasteiger charge is -2.03. The van der Waals surface area contributed by atoms with Crippen molar-refractivity contribution < 1.29 is 0 Å². The maximum Gasteiger partial charge on any atom is 0.174 e. The van der Waals surface area contributed by atoms with Gasteiger partial charge in [0.2, 0.25) is 0 Å². The largest absolute Gasteiger partial charge is 0.269 e. The molecule has 0 saturated carbocycles. The van der Waals surface area contributed by atoms with Crippen LogP contribution in [0.4, 0.5) is 0 Å². The normalized spacial score (nSPS) is 11.5. The summed E-state index contributed by atoms with van der Waals surface area (Å²) in [6.45, 7) is 2.04.